The SMILES string of the molecule is CCCC(O)(CCC)CC(=O)NCCc1nc(C(=O)O)cs1. The van der Waals surface area contributed by atoms with E-state index in [2.05, 4.69) is 10.3 Å². The first-order chi connectivity index (χ1) is 10.4. The number of carbonyl (C=O) groups is 2. The molecule has 1 rings (SSSR count). The van der Waals surface area contributed by atoms with Crippen LogP contribution in [0.5, 0.6) is 0 Å². The van der Waals surface area contributed by atoms with E-state index in [-0.39, 0.29) is 18.0 Å². The summed E-state index contributed by atoms with van der Waals surface area (Å²) in [5.74, 6) is -1.23. The average Bonchev–Trinajstić information content (AvgIpc) is 2.87. The Kier molecular flexibility index (Phi) is 7.47. The fraction of sp³-hybridized carbons (Fsp3) is 0.667. The summed E-state index contributed by atoms with van der Waals surface area (Å²) in [4.78, 5) is 26.6. The maximum absolute atomic E-state index is 11.9. The monoisotopic (exact) mass is 328 g/mol. The topological polar surface area (TPSA) is 99.5 Å². The average molecular weight is 328 g/mol. The number of nitrogens with zero attached hydrogens (tertiary/aromatic N) is 1. The van der Waals surface area contributed by atoms with Gasteiger partial charge >= 0.3 is 5.97 Å². The summed E-state index contributed by atoms with van der Waals surface area (Å²) in [7, 11) is 0. The molecule has 0 saturated heterocycles. The molecule has 124 valence electrons. The molecule has 0 spiro atoms. The van der Waals surface area contributed by atoms with Crippen molar-refractivity contribution in [3.05, 3.63) is 16.1 Å². The first-order valence-corrected chi connectivity index (χ1v) is 8.45. The summed E-state index contributed by atoms with van der Waals surface area (Å²) in [6, 6.07) is 0. The number of hydrogen-bond acceptors (Lipinski definition) is 5. The van der Waals surface area contributed by atoms with E-state index < -0.39 is 11.6 Å². The van der Waals surface area contributed by atoms with Crippen LogP contribution in [0.25, 0.3) is 0 Å². The van der Waals surface area contributed by atoms with Gasteiger partial charge in [0.05, 0.1) is 17.0 Å². The number of hydrogen-bond donors (Lipinski definition) is 3. The zero-order valence-corrected chi connectivity index (χ0v) is 13.9. The largest absolute Gasteiger partial charge is 0.476 e. The number of nitrogens with one attached hydrogen (secondary N) is 1. The molecule has 1 amide bonds. The number of carbonyl (C=O) groups excluding carboxylic acids is 1. The summed E-state index contributed by atoms with van der Waals surface area (Å²) in [6.07, 6.45) is 3.49. The van der Waals surface area contributed by atoms with E-state index in [9.17, 15) is 14.7 Å². The quantitative estimate of drug-likeness (QED) is 0.611. The molecule has 0 unspecified atom stereocenters. The van der Waals surface area contributed by atoms with Crippen LogP contribution in [-0.4, -0.2) is 39.2 Å². The number of rotatable bonds is 10. The van der Waals surface area contributed by atoms with Crippen molar-refractivity contribution < 1.29 is 19.8 Å². The van der Waals surface area contributed by atoms with Gasteiger partial charge in [-0.25, -0.2) is 9.78 Å². The van der Waals surface area contributed by atoms with Crippen LogP contribution in [0.1, 0.15) is 61.4 Å². The molecule has 3 N–H and O–H groups in total. The number of aromatic carboxylic acids is 1. The number of aromatic nitrogens is 1. The molecule has 7 heteroatoms. The van der Waals surface area contributed by atoms with Crippen LogP contribution in [0.4, 0.5) is 0 Å². The predicted molar refractivity (Wildman–Crippen MR) is 85.2 cm³/mol. The molecule has 6 nitrogen and oxygen atoms in total. The molecule has 0 aliphatic heterocycles. The van der Waals surface area contributed by atoms with Gasteiger partial charge < -0.3 is 15.5 Å². The fourth-order valence-electron chi connectivity index (χ4n) is 2.43. The molecular formula is C15H24N2O4S. The number of amides is 1. The Labute approximate surface area is 134 Å². The molecule has 0 fully saturated rings. The van der Waals surface area contributed by atoms with Gasteiger partial charge in [-0.2, -0.15) is 0 Å². The van der Waals surface area contributed by atoms with Gasteiger partial charge in [-0.05, 0) is 12.8 Å². The smallest absolute Gasteiger partial charge is 0.355 e. The minimum atomic E-state index is -1.05. The van der Waals surface area contributed by atoms with E-state index >= 15 is 0 Å². The van der Waals surface area contributed by atoms with Gasteiger partial charge in [-0.3, -0.25) is 4.79 Å². The Morgan fingerprint density at radius 3 is 2.45 bits per heavy atom. The second-order valence-corrected chi connectivity index (χ2v) is 6.38. The van der Waals surface area contributed by atoms with Crippen molar-refractivity contribution in [1.29, 1.82) is 0 Å². The molecule has 22 heavy (non-hydrogen) atoms. The Morgan fingerprint density at radius 1 is 1.32 bits per heavy atom. The fourth-order valence-corrected chi connectivity index (χ4v) is 3.20. The minimum absolute atomic E-state index is 0.0339. The van der Waals surface area contributed by atoms with Gasteiger partial charge in [-0.1, -0.05) is 26.7 Å². The zero-order valence-electron chi connectivity index (χ0n) is 13.1. The van der Waals surface area contributed by atoms with Crippen LogP contribution >= 0.6 is 11.3 Å². The molecule has 0 aromatic carbocycles. The summed E-state index contributed by atoms with van der Waals surface area (Å²) < 4.78 is 0. The lowest BCUT2D eigenvalue weighted by Gasteiger charge is -2.26. The molecule has 1 aromatic heterocycles. The van der Waals surface area contributed by atoms with Gasteiger partial charge in [0.1, 0.15) is 0 Å². The van der Waals surface area contributed by atoms with Crippen LogP contribution in [0.3, 0.4) is 0 Å². The van der Waals surface area contributed by atoms with Crippen molar-refractivity contribution in [2.24, 2.45) is 0 Å². The Bertz CT molecular complexity index is 495. The molecule has 1 aromatic rings. The number of carboxylic acid groups (broad SMARTS) is 1. The van der Waals surface area contributed by atoms with Crippen molar-refractivity contribution in [3.63, 3.8) is 0 Å². The molecule has 0 aliphatic carbocycles. The molecule has 0 radical (unpaired) electrons. The Balaban J connectivity index is 2.39. The van der Waals surface area contributed by atoms with Crippen LogP contribution in [-0.2, 0) is 11.2 Å². The maximum atomic E-state index is 11.9. The van der Waals surface area contributed by atoms with Gasteiger partial charge in [0.25, 0.3) is 0 Å². The summed E-state index contributed by atoms with van der Waals surface area (Å²) in [5.41, 5.74) is -0.891. The van der Waals surface area contributed by atoms with Crippen LogP contribution in [0, 0.1) is 0 Å². The predicted octanol–water partition coefficient (Wildman–Crippen LogP) is 2.22. The molecule has 0 bridgehead atoms. The lowest BCUT2D eigenvalue weighted by molar-refractivity contribution is -0.126. The normalized spacial score (nSPS) is 11.4. The zero-order chi connectivity index (χ0) is 16.6. The number of thiazole rings is 1. The first-order valence-electron chi connectivity index (χ1n) is 7.57. The third-order valence-electron chi connectivity index (χ3n) is 3.35. The Morgan fingerprint density at radius 2 is 1.95 bits per heavy atom. The van der Waals surface area contributed by atoms with Crippen LogP contribution in [0.2, 0.25) is 0 Å². The standard InChI is InChI=1S/C15H24N2O4S/c1-3-6-15(21,7-4-2)9-12(18)16-8-5-13-17-11(10-22-13)14(19)20/h10,21H,3-9H2,1-2H3,(H,16,18)(H,19,20). The van der Waals surface area contributed by atoms with E-state index in [0.29, 0.717) is 30.8 Å². The lowest BCUT2D eigenvalue weighted by atomic mass is 9.89. The highest BCUT2D eigenvalue weighted by atomic mass is 32.1. The van der Waals surface area contributed by atoms with Crippen LogP contribution in [0.15, 0.2) is 5.38 Å². The second kappa shape index (κ2) is 8.85. The molecule has 0 saturated carbocycles. The van der Waals surface area contributed by atoms with Crippen LogP contribution < -0.4 is 5.32 Å². The highest BCUT2D eigenvalue weighted by molar-refractivity contribution is 7.09. The third-order valence-corrected chi connectivity index (χ3v) is 4.26. The van der Waals surface area contributed by atoms with Crippen molar-refractivity contribution in [2.75, 3.05) is 6.54 Å². The summed E-state index contributed by atoms with van der Waals surface area (Å²) in [6.45, 7) is 4.36. The molecule has 1 heterocycles. The summed E-state index contributed by atoms with van der Waals surface area (Å²) >= 11 is 1.27. The Hall–Kier alpha value is -1.47. The second-order valence-electron chi connectivity index (χ2n) is 5.43. The maximum Gasteiger partial charge on any atom is 0.355 e. The highest BCUT2D eigenvalue weighted by Gasteiger charge is 2.27. The van der Waals surface area contributed by atoms with E-state index in [1.165, 1.54) is 16.7 Å². The van der Waals surface area contributed by atoms with E-state index in [0.717, 1.165) is 12.8 Å². The highest BCUT2D eigenvalue weighted by Crippen LogP contribution is 2.23. The van der Waals surface area contributed by atoms with Gasteiger partial charge in [0.2, 0.25) is 5.91 Å². The minimum Gasteiger partial charge on any atom is -0.476 e. The molecule has 0 atom stereocenters. The number of aliphatic hydroxyl groups is 1. The first kappa shape index (κ1) is 18.6. The van der Waals surface area contributed by atoms with Gasteiger partial charge in [0, 0.05) is 18.3 Å². The van der Waals surface area contributed by atoms with Crippen molar-refractivity contribution in [2.45, 2.75) is 58.0 Å². The number of carboxylic acids is 1. The van der Waals surface area contributed by atoms with Gasteiger partial charge in [-0.15, -0.1) is 11.3 Å². The van der Waals surface area contributed by atoms with Crippen molar-refractivity contribution >= 4 is 23.2 Å². The molecular weight excluding hydrogens is 304 g/mol. The van der Waals surface area contributed by atoms with E-state index in [1.54, 1.807) is 0 Å². The molecule has 0 aliphatic rings. The van der Waals surface area contributed by atoms with E-state index in [1.807, 2.05) is 13.8 Å². The van der Waals surface area contributed by atoms with Crippen molar-refractivity contribution in [1.82, 2.24) is 10.3 Å². The van der Waals surface area contributed by atoms with E-state index in [4.69, 9.17) is 5.11 Å². The third kappa shape index (κ3) is 6.11. The van der Waals surface area contributed by atoms with Gasteiger partial charge in [0.15, 0.2) is 5.69 Å². The van der Waals surface area contributed by atoms with Crippen molar-refractivity contribution in [3.8, 4) is 0 Å². The lowest BCUT2D eigenvalue weighted by Crippen LogP contribution is -2.37. The summed E-state index contributed by atoms with van der Waals surface area (Å²) in [5, 5.41) is 24.1.